The van der Waals surface area contributed by atoms with Crippen LogP contribution in [0.5, 0.6) is 0 Å². The summed E-state index contributed by atoms with van der Waals surface area (Å²) >= 11 is 1.72. The minimum Gasteiger partial charge on any atom is -0.304 e. The van der Waals surface area contributed by atoms with Crippen molar-refractivity contribution in [1.82, 2.24) is 10.3 Å². The molecule has 2 aromatic rings. The van der Waals surface area contributed by atoms with Crippen molar-refractivity contribution in [3.05, 3.63) is 52.0 Å². The molecule has 0 amide bonds. The predicted molar refractivity (Wildman–Crippen MR) is 82.5 cm³/mol. The third kappa shape index (κ3) is 3.88. The van der Waals surface area contributed by atoms with E-state index in [0.29, 0.717) is 12.0 Å². The second kappa shape index (κ2) is 6.83. The normalized spacial score (nSPS) is 12.8. The molecule has 3 heteroatoms. The molecule has 0 saturated heterocycles. The van der Waals surface area contributed by atoms with E-state index in [-0.39, 0.29) is 0 Å². The van der Waals surface area contributed by atoms with Gasteiger partial charge in [0.1, 0.15) is 5.01 Å². The van der Waals surface area contributed by atoms with E-state index in [9.17, 15) is 0 Å². The minimum atomic E-state index is 0.366. The third-order valence-electron chi connectivity index (χ3n) is 3.36. The number of hydrogen-bond acceptors (Lipinski definition) is 3. The van der Waals surface area contributed by atoms with Gasteiger partial charge in [0.15, 0.2) is 0 Å². The van der Waals surface area contributed by atoms with Gasteiger partial charge in [-0.1, -0.05) is 45.0 Å². The Kier molecular flexibility index (Phi) is 5.11. The molecule has 19 heavy (non-hydrogen) atoms. The van der Waals surface area contributed by atoms with Gasteiger partial charge in [0.05, 0.1) is 6.04 Å². The van der Waals surface area contributed by atoms with Crippen LogP contribution in [0.1, 0.15) is 55.3 Å². The maximum atomic E-state index is 4.39. The van der Waals surface area contributed by atoms with Gasteiger partial charge in [0.25, 0.3) is 0 Å². The highest BCUT2D eigenvalue weighted by Crippen LogP contribution is 2.20. The van der Waals surface area contributed by atoms with E-state index in [4.69, 9.17) is 0 Å². The lowest BCUT2D eigenvalue weighted by Crippen LogP contribution is -2.20. The number of thiazole rings is 1. The van der Waals surface area contributed by atoms with Crippen molar-refractivity contribution in [2.24, 2.45) is 0 Å². The summed E-state index contributed by atoms with van der Waals surface area (Å²) in [5.41, 5.74) is 2.73. The molecule has 1 aromatic carbocycles. The van der Waals surface area contributed by atoms with E-state index in [1.807, 2.05) is 11.6 Å². The molecule has 1 N–H and O–H groups in total. The topological polar surface area (TPSA) is 24.9 Å². The Bertz CT molecular complexity index is 474. The van der Waals surface area contributed by atoms with Gasteiger partial charge in [-0.25, -0.2) is 4.98 Å². The van der Waals surface area contributed by atoms with E-state index in [1.165, 1.54) is 16.1 Å². The lowest BCUT2D eigenvalue weighted by molar-refractivity contribution is 0.516. The van der Waals surface area contributed by atoms with Crippen LogP contribution in [0, 0.1) is 0 Å². The SMILES string of the molecule is CCC(NCc1ccc(C(C)C)cc1)c1nccs1. The van der Waals surface area contributed by atoms with E-state index < -0.39 is 0 Å². The lowest BCUT2D eigenvalue weighted by Gasteiger charge is -2.15. The molecule has 1 aromatic heterocycles. The summed E-state index contributed by atoms with van der Waals surface area (Å²) in [5.74, 6) is 0.598. The first-order chi connectivity index (χ1) is 9.20. The minimum absolute atomic E-state index is 0.366. The summed E-state index contributed by atoms with van der Waals surface area (Å²) in [6.07, 6.45) is 2.94. The number of benzene rings is 1. The maximum absolute atomic E-state index is 4.39. The molecule has 0 aliphatic rings. The number of rotatable bonds is 6. The Morgan fingerprint density at radius 1 is 1.21 bits per heavy atom. The first-order valence-corrected chi connectivity index (χ1v) is 7.80. The molecule has 0 saturated carbocycles. The molecule has 0 aliphatic heterocycles. The Morgan fingerprint density at radius 2 is 1.95 bits per heavy atom. The van der Waals surface area contributed by atoms with Gasteiger partial charge in [-0.2, -0.15) is 0 Å². The molecule has 0 spiro atoms. The van der Waals surface area contributed by atoms with Crippen LogP contribution in [0.3, 0.4) is 0 Å². The highest BCUT2D eigenvalue weighted by molar-refractivity contribution is 7.09. The van der Waals surface area contributed by atoms with Gasteiger partial charge in [-0.05, 0) is 23.5 Å². The Balaban J connectivity index is 1.94. The fourth-order valence-electron chi connectivity index (χ4n) is 2.07. The zero-order valence-corrected chi connectivity index (χ0v) is 12.7. The smallest absolute Gasteiger partial charge is 0.109 e. The quantitative estimate of drug-likeness (QED) is 0.838. The van der Waals surface area contributed by atoms with Crippen LogP contribution in [0.25, 0.3) is 0 Å². The van der Waals surface area contributed by atoms with Crippen molar-refractivity contribution in [2.45, 2.75) is 45.7 Å². The fourth-order valence-corrected chi connectivity index (χ4v) is 2.87. The molecule has 2 nitrogen and oxygen atoms in total. The number of aromatic nitrogens is 1. The zero-order valence-electron chi connectivity index (χ0n) is 11.9. The zero-order chi connectivity index (χ0) is 13.7. The van der Waals surface area contributed by atoms with Crippen molar-refractivity contribution < 1.29 is 0 Å². The largest absolute Gasteiger partial charge is 0.304 e. The lowest BCUT2D eigenvalue weighted by atomic mass is 10.0. The molecule has 1 heterocycles. The summed E-state index contributed by atoms with van der Waals surface area (Å²) in [6.45, 7) is 7.54. The number of nitrogens with zero attached hydrogens (tertiary/aromatic N) is 1. The molecular weight excluding hydrogens is 252 g/mol. The molecular formula is C16H22N2S. The Hall–Kier alpha value is -1.19. The third-order valence-corrected chi connectivity index (χ3v) is 4.25. The maximum Gasteiger partial charge on any atom is 0.109 e. The summed E-state index contributed by atoms with van der Waals surface area (Å²) in [7, 11) is 0. The van der Waals surface area contributed by atoms with E-state index in [2.05, 4.69) is 55.3 Å². The first kappa shape index (κ1) is 14.2. The van der Waals surface area contributed by atoms with E-state index in [1.54, 1.807) is 11.3 Å². The molecule has 1 unspecified atom stereocenters. The van der Waals surface area contributed by atoms with Crippen molar-refractivity contribution in [1.29, 1.82) is 0 Å². The predicted octanol–water partition coefficient (Wildman–Crippen LogP) is 4.51. The van der Waals surface area contributed by atoms with Crippen LogP contribution in [0.15, 0.2) is 35.8 Å². The van der Waals surface area contributed by atoms with Gasteiger partial charge in [-0.15, -0.1) is 11.3 Å². The summed E-state index contributed by atoms with van der Waals surface area (Å²) in [4.78, 5) is 4.39. The number of nitrogens with one attached hydrogen (secondary N) is 1. The van der Waals surface area contributed by atoms with Crippen molar-refractivity contribution in [3.63, 3.8) is 0 Å². The second-order valence-electron chi connectivity index (χ2n) is 5.11. The average molecular weight is 274 g/mol. The standard InChI is InChI=1S/C16H22N2S/c1-4-15(16-17-9-10-19-16)18-11-13-5-7-14(8-6-13)12(2)3/h5-10,12,15,18H,4,11H2,1-3H3. The fraction of sp³-hybridized carbons (Fsp3) is 0.438. The summed E-state index contributed by atoms with van der Waals surface area (Å²) < 4.78 is 0. The molecule has 2 rings (SSSR count). The van der Waals surface area contributed by atoms with Crippen LogP contribution in [-0.2, 0) is 6.54 Å². The molecule has 0 radical (unpaired) electrons. The van der Waals surface area contributed by atoms with Crippen LogP contribution >= 0.6 is 11.3 Å². The number of hydrogen-bond donors (Lipinski definition) is 1. The van der Waals surface area contributed by atoms with Gasteiger partial charge in [-0.3, -0.25) is 0 Å². The monoisotopic (exact) mass is 274 g/mol. The second-order valence-corrected chi connectivity index (χ2v) is 6.03. The van der Waals surface area contributed by atoms with E-state index >= 15 is 0 Å². The molecule has 0 bridgehead atoms. The highest BCUT2D eigenvalue weighted by Gasteiger charge is 2.10. The van der Waals surface area contributed by atoms with Gasteiger partial charge >= 0.3 is 0 Å². The van der Waals surface area contributed by atoms with Crippen LogP contribution in [0.4, 0.5) is 0 Å². The first-order valence-electron chi connectivity index (χ1n) is 6.92. The van der Waals surface area contributed by atoms with Crippen LogP contribution < -0.4 is 5.32 Å². The molecule has 0 fully saturated rings. The van der Waals surface area contributed by atoms with Gasteiger partial charge in [0.2, 0.25) is 0 Å². The van der Waals surface area contributed by atoms with Crippen LogP contribution in [-0.4, -0.2) is 4.98 Å². The van der Waals surface area contributed by atoms with Crippen molar-refractivity contribution >= 4 is 11.3 Å². The Morgan fingerprint density at radius 3 is 2.47 bits per heavy atom. The molecule has 102 valence electrons. The van der Waals surface area contributed by atoms with Gasteiger partial charge in [0, 0.05) is 18.1 Å². The van der Waals surface area contributed by atoms with Crippen LogP contribution in [0.2, 0.25) is 0 Å². The summed E-state index contributed by atoms with van der Waals surface area (Å²) in [6, 6.07) is 9.26. The molecule has 1 atom stereocenters. The average Bonchev–Trinajstić information content (AvgIpc) is 2.94. The Labute approximate surface area is 119 Å². The van der Waals surface area contributed by atoms with Crippen molar-refractivity contribution in [2.75, 3.05) is 0 Å². The van der Waals surface area contributed by atoms with Gasteiger partial charge < -0.3 is 5.32 Å². The molecule has 0 aliphatic carbocycles. The highest BCUT2D eigenvalue weighted by atomic mass is 32.1. The van der Waals surface area contributed by atoms with Crippen molar-refractivity contribution in [3.8, 4) is 0 Å². The van der Waals surface area contributed by atoms with E-state index in [0.717, 1.165) is 13.0 Å². The summed E-state index contributed by atoms with van der Waals surface area (Å²) in [5, 5.41) is 6.81.